The fourth-order valence-corrected chi connectivity index (χ4v) is 7.41. The van der Waals surface area contributed by atoms with Gasteiger partial charge >= 0.3 is 0 Å². The van der Waals surface area contributed by atoms with Gasteiger partial charge in [-0.3, -0.25) is 9.36 Å². The smallest absolute Gasteiger partial charge is 0.237 e. The van der Waals surface area contributed by atoms with Crippen molar-refractivity contribution < 1.29 is 14.3 Å². The molecule has 2 aromatic heterocycles. The monoisotopic (exact) mass is 683 g/mol. The van der Waals surface area contributed by atoms with Crippen molar-refractivity contribution in [3.05, 3.63) is 40.4 Å². The van der Waals surface area contributed by atoms with Crippen molar-refractivity contribution in [2.75, 3.05) is 24.7 Å². The van der Waals surface area contributed by atoms with E-state index in [-0.39, 0.29) is 5.91 Å². The molecule has 0 fully saturated rings. The summed E-state index contributed by atoms with van der Waals surface area (Å²) in [7, 11) is -2.46. The van der Waals surface area contributed by atoms with Gasteiger partial charge in [-0.15, -0.1) is 0 Å². The number of carbonyl (C=O) groups is 1. The maximum Gasteiger partial charge on any atom is 0.237 e. The van der Waals surface area contributed by atoms with Crippen LogP contribution in [0.25, 0.3) is 33.5 Å². The number of rotatable bonds is 12. The molecule has 8 nitrogen and oxygen atoms in total. The Morgan fingerprint density at radius 3 is 2.19 bits per heavy atom. The average molecular weight is 685 g/mol. The van der Waals surface area contributed by atoms with Crippen LogP contribution >= 0.6 is 15.9 Å². The number of ether oxygens (including phenoxy) is 2. The van der Waals surface area contributed by atoms with Gasteiger partial charge in [-0.25, -0.2) is 9.67 Å². The summed E-state index contributed by atoms with van der Waals surface area (Å²) in [5, 5.41) is 6.10. The lowest BCUT2D eigenvalue weighted by atomic mass is 9.86. The third kappa shape index (κ3) is 6.56. The highest BCUT2D eigenvalue weighted by atomic mass is 79.9. The van der Waals surface area contributed by atoms with E-state index in [1.54, 1.807) is 0 Å². The quantitative estimate of drug-likeness (QED) is 0.111. The molecule has 1 aliphatic rings. The molecule has 0 unspecified atom stereocenters. The number of imidazole rings is 1. The predicted molar refractivity (Wildman–Crippen MR) is 185 cm³/mol. The number of hydrogen-bond donors (Lipinski definition) is 0. The molecule has 11 heteroatoms. The molecule has 1 aliphatic heterocycles. The van der Waals surface area contributed by atoms with Crippen molar-refractivity contribution >= 4 is 65.6 Å². The molecule has 232 valence electrons. The fourth-order valence-electron chi connectivity index (χ4n) is 5.55. The standard InChI is InChI=1S/C32H46BrN5O3Si2/c1-10-36-27-19-28-25(18-24(27)32(2,3)31(36)39)34-30(37(28)20-40-13-15-42(4,5)6)29-23-12-11-22(33)17-26(23)38(35-29)21-41-14-16-43(7,8)9/h11-12,17-19H,10,13-16,20-21H2,1-9H3. The van der Waals surface area contributed by atoms with Crippen molar-refractivity contribution in [3.8, 4) is 11.5 Å². The van der Waals surface area contributed by atoms with E-state index in [1.165, 1.54) is 0 Å². The van der Waals surface area contributed by atoms with Gasteiger partial charge in [0, 0.05) is 45.8 Å². The highest BCUT2D eigenvalue weighted by molar-refractivity contribution is 9.10. The van der Waals surface area contributed by atoms with Crippen molar-refractivity contribution in [1.29, 1.82) is 0 Å². The summed E-state index contributed by atoms with van der Waals surface area (Å²) in [4.78, 5) is 20.4. The van der Waals surface area contributed by atoms with Gasteiger partial charge < -0.3 is 14.4 Å². The van der Waals surface area contributed by atoms with Gasteiger partial charge in [0.25, 0.3) is 0 Å². The topological polar surface area (TPSA) is 74.4 Å². The number of fused-ring (bicyclic) bond motifs is 3. The van der Waals surface area contributed by atoms with Gasteiger partial charge in [0.2, 0.25) is 5.91 Å². The van der Waals surface area contributed by atoms with Crippen LogP contribution in [0.3, 0.4) is 0 Å². The van der Waals surface area contributed by atoms with Crippen LogP contribution in [0.15, 0.2) is 34.8 Å². The molecule has 0 saturated heterocycles. The summed E-state index contributed by atoms with van der Waals surface area (Å²) in [6.07, 6.45) is 0. The minimum absolute atomic E-state index is 0.125. The summed E-state index contributed by atoms with van der Waals surface area (Å²) >= 11 is 3.65. The Bertz CT molecular complexity index is 1670. The zero-order chi connectivity index (χ0) is 31.3. The lowest BCUT2D eigenvalue weighted by Crippen LogP contribution is -2.35. The molecule has 2 aromatic carbocycles. The first-order valence-corrected chi connectivity index (χ1v) is 23.5. The second-order valence-corrected chi connectivity index (χ2v) is 26.8. The van der Waals surface area contributed by atoms with Crippen LogP contribution < -0.4 is 4.90 Å². The van der Waals surface area contributed by atoms with Crippen molar-refractivity contribution in [1.82, 2.24) is 19.3 Å². The highest BCUT2D eigenvalue weighted by Crippen LogP contribution is 2.44. The van der Waals surface area contributed by atoms with E-state index < -0.39 is 21.6 Å². The molecule has 5 rings (SSSR count). The van der Waals surface area contributed by atoms with Crippen molar-refractivity contribution in [3.63, 3.8) is 0 Å². The van der Waals surface area contributed by atoms with E-state index in [1.807, 2.05) is 36.4 Å². The lowest BCUT2D eigenvalue weighted by molar-refractivity contribution is -0.122. The van der Waals surface area contributed by atoms with E-state index in [9.17, 15) is 4.79 Å². The molecular weight excluding hydrogens is 638 g/mol. The molecule has 0 aliphatic carbocycles. The van der Waals surface area contributed by atoms with Crippen LogP contribution in [-0.2, 0) is 33.1 Å². The Hall–Kier alpha value is -2.32. The molecule has 0 N–H and O–H groups in total. The molecule has 1 amide bonds. The Morgan fingerprint density at radius 1 is 0.907 bits per heavy atom. The van der Waals surface area contributed by atoms with Gasteiger partial charge in [0.15, 0.2) is 5.82 Å². The zero-order valence-electron chi connectivity index (χ0n) is 27.2. The van der Waals surface area contributed by atoms with Gasteiger partial charge in [0.05, 0.1) is 27.7 Å². The van der Waals surface area contributed by atoms with Gasteiger partial charge in [-0.2, -0.15) is 5.10 Å². The van der Waals surface area contributed by atoms with Crippen molar-refractivity contribution in [2.24, 2.45) is 0 Å². The average Bonchev–Trinajstić information content (AvgIpc) is 3.50. The number of hydrogen-bond acceptors (Lipinski definition) is 5. The third-order valence-corrected chi connectivity index (χ3v) is 12.2. The van der Waals surface area contributed by atoms with E-state index in [0.29, 0.717) is 26.6 Å². The minimum Gasteiger partial charge on any atom is -0.361 e. The Balaban J connectivity index is 1.62. The van der Waals surface area contributed by atoms with Gasteiger partial charge in [0.1, 0.15) is 19.2 Å². The fraction of sp³-hybridized carbons (Fsp3) is 0.531. The summed E-state index contributed by atoms with van der Waals surface area (Å²) < 4.78 is 17.5. The van der Waals surface area contributed by atoms with E-state index in [0.717, 1.165) is 67.9 Å². The molecule has 0 spiro atoms. The van der Waals surface area contributed by atoms with E-state index in [2.05, 4.69) is 84.0 Å². The molecule has 4 aromatic rings. The normalized spacial score (nSPS) is 15.3. The van der Waals surface area contributed by atoms with Crippen LogP contribution in [-0.4, -0.2) is 61.1 Å². The summed E-state index contributed by atoms with van der Waals surface area (Å²) in [6.45, 7) is 23.0. The predicted octanol–water partition coefficient (Wildman–Crippen LogP) is 8.08. The number of carbonyl (C=O) groups excluding carboxylic acids is 1. The highest BCUT2D eigenvalue weighted by Gasteiger charge is 2.44. The van der Waals surface area contributed by atoms with Crippen LogP contribution in [0.2, 0.25) is 51.4 Å². The minimum atomic E-state index is -1.25. The number of aromatic nitrogens is 4. The number of nitrogens with zero attached hydrogens (tertiary/aromatic N) is 5. The van der Waals surface area contributed by atoms with Gasteiger partial charge in [-0.05, 0) is 68.8 Å². The number of halogens is 1. The Morgan fingerprint density at radius 2 is 1.56 bits per heavy atom. The van der Waals surface area contributed by atoms with Crippen molar-refractivity contribution in [2.45, 2.75) is 91.0 Å². The van der Waals surface area contributed by atoms with Crippen LogP contribution in [0.5, 0.6) is 0 Å². The second-order valence-electron chi connectivity index (χ2n) is 14.6. The summed E-state index contributed by atoms with van der Waals surface area (Å²) in [6, 6.07) is 12.6. The molecular formula is C32H46BrN5O3Si2. The number of anilines is 1. The van der Waals surface area contributed by atoms with Crippen LogP contribution in [0, 0.1) is 0 Å². The number of benzene rings is 2. The molecule has 0 atom stereocenters. The lowest BCUT2D eigenvalue weighted by Gasteiger charge is -2.18. The van der Waals surface area contributed by atoms with E-state index >= 15 is 0 Å². The second kappa shape index (κ2) is 11.9. The summed E-state index contributed by atoms with van der Waals surface area (Å²) in [5.74, 6) is 0.882. The molecule has 0 bridgehead atoms. The van der Waals surface area contributed by atoms with E-state index in [4.69, 9.17) is 19.6 Å². The molecule has 0 saturated carbocycles. The molecule has 3 heterocycles. The third-order valence-electron chi connectivity index (χ3n) is 8.28. The largest absolute Gasteiger partial charge is 0.361 e. The number of likely N-dealkylation sites (N-methyl/N-ethyl adjacent to an activating group) is 1. The Labute approximate surface area is 265 Å². The van der Waals surface area contributed by atoms with Gasteiger partial charge in [-0.1, -0.05) is 55.2 Å². The zero-order valence-corrected chi connectivity index (χ0v) is 30.8. The first kappa shape index (κ1) is 32.1. The maximum absolute atomic E-state index is 13.3. The van der Waals surface area contributed by atoms with Crippen LogP contribution in [0.1, 0.15) is 26.3 Å². The number of amides is 1. The first-order valence-electron chi connectivity index (χ1n) is 15.3. The SMILES string of the molecule is CCN1C(=O)C(C)(C)c2cc3nc(-c4nn(COCC[Si](C)(C)C)c5cc(Br)ccc45)n(COCC[Si](C)(C)C)c3cc21. The van der Waals surface area contributed by atoms with Crippen LogP contribution in [0.4, 0.5) is 5.69 Å². The Kier molecular flexibility index (Phi) is 8.87. The molecule has 0 radical (unpaired) electrons. The summed E-state index contributed by atoms with van der Waals surface area (Å²) in [5.41, 5.74) is 4.92. The maximum atomic E-state index is 13.3. The molecule has 43 heavy (non-hydrogen) atoms. The first-order chi connectivity index (χ1) is 20.1.